The molecule has 1 aliphatic heterocycles. The van der Waals surface area contributed by atoms with Gasteiger partial charge in [-0.3, -0.25) is 9.59 Å². The second-order valence-corrected chi connectivity index (χ2v) is 9.83. The van der Waals surface area contributed by atoms with Crippen molar-refractivity contribution in [1.82, 2.24) is 0 Å². The van der Waals surface area contributed by atoms with Crippen molar-refractivity contribution >= 4 is 11.6 Å². The van der Waals surface area contributed by atoms with Gasteiger partial charge in [0.1, 0.15) is 19.6 Å². The fourth-order valence-corrected chi connectivity index (χ4v) is 7.53. The summed E-state index contributed by atoms with van der Waals surface area (Å²) in [5.41, 5.74) is -6.15. The fourth-order valence-electron chi connectivity index (χ4n) is 7.53. The van der Waals surface area contributed by atoms with Gasteiger partial charge in [-0.15, -0.1) is 0 Å². The van der Waals surface area contributed by atoms with Crippen LogP contribution in [-0.2, 0) is 19.1 Å². The quantitative estimate of drug-likeness (QED) is 0.700. The average molecular weight is 424 g/mol. The molecular weight excluding hydrogens is 398 g/mol. The number of carbonyl (C=O) groups is 2. The lowest BCUT2D eigenvalue weighted by Gasteiger charge is -2.63. The molecule has 8 heteroatoms. The molecule has 1 heterocycles. The van der Waals surface area contributed by atoms with Crippen LogP contribution in [0.15, 0.2) is 23.8 Å². The summed E-state index contributed by atoms with van der Waals surface area (Å²) in [6.45, 7) is 2.40. The second-order valence-electron chi connectivity index (χ2n) is 9.83. The Kier molecular flexibility index (Phi) is 4.12. The summed E-state index contributed by atoms with van der Waals surface area (Å²) in [6.07, 6.45) is -0.0182. The number of fused-ring (bicyclic) bond motifs is 7. The molecule has 9 atom stereocenters. The third-order valence-electron chi connectivity index (χ3n) is 8.90. The summed E-state index contributed by atoms with van der Waals surface area (Å²) >= 11 is 0. The number of aliphatic hydroxyl groups excluding tert-OH is 2. The van der Waals surface area contributed by atoms with E-state index in [0.29, 0.717) is 0 Å². The van der Waals surface area contributed by atoms with Crippen LogP contribution in [0.1, 0.15) is 33.1 Å². The summed E-state index contributed by atoms with van der Waals surface area (Å²) < 4.78 is 43.8. The third kappa shape index (κ3) is 2.02. The Balaban J connectivity index is 1.66. The van der Waals surface area contributed by atoms with Crippen LogP contribution in [0, 0.1) is 22.7 Å². The van der Waals surface area contributed by atoms with Gasteiger partial charge in [0.25, 0.3) is 0 Å². The van der Waals surface area contributed by atoms with Crippen molar-refractivity contribution in [1.29, 1.82) is 0 Å². The molecule has 0 aromatic carbocycles. The van der Waals surface area contributed by atoms with E-state index in [4.69, 9.17) is 9.47 Å². The number of Topliss-reactive ketones (excluding diaryl/α,β-unsaturated/α-hetero) is 1. The molecule has 164 valence electrons. The Morgan fingerprint density at radius 2 is 2.03 bits per heavy atom. The van der Waals surface area contributed by atoms with Crippen LogP contribution in [0.25, 0.3) is 0 Å². The van der Waals surface area contributed by atoms with E-state index in [2.05, 4.69) is 0 Å². The molecule has 4 aliphatic carbocycles. The number of alkyl halides is 2. The predicted octanol–water partition coefficient (Wildman–Crippen LogP) is 1.59. The summed E-state index contributed by atoms with van der Waals surface area (Å²) in [5.74, 6) is -2.38. The van der Waals surface area contributed by atoms with Gasteiger partial charge in [-0.25, -0.2) is 8.78 Å². The van der Waals surface area contributed by atoms with Crippen LogP contribution in [0.3, 0.4) is 0 Å². The maximum Gasteiger partial charge on any atom is 0.193 e. The van der Waals surface area contributed by atoms with Crippen molar-refractivity contribution in [3.05, 3.63) is 23.8 Å². The molecular formula is C22H26F2O6. The van der Waals surface area contributed by atoms with E-state index in [9.17, 15) is 19.8 Å². The maximum atomic E-state index is 17.0. The second kappa shape index (κ2) is 6.06. The number of halogens is 2. The van der Waals surface area contributed by atoms with Crippen LogP contribution >= 0.6 is 0 Å². The van der Waals surface area contributed by atoms with E-state index in [0.717, 1.165) is 6.08 Å². The number of hydrogen-bond acceptors (Lipinski definition) is 6. The maximum absolute atomic E-state index is 17.0. The van der Waals surface area contributed by atoms with Crippen molar-refractivity contribution in [2.45, 2.75) is 62.8 Å². The molecule has 2 N–H and O–H groups in total. The SMILES string of the molecule is C[C@]12C[C@H](O)[C@@]3(F)[C@@H](C[C@H](F)C4=CC(=O)C=C[C@@]43C)[C@@H]1CC1OCOC12C(=O)CO. The molecule has 30 heavy (non-hydrogen) atoms. The molecule has 0 amide bonds. The zero-order valence-electron chi connectivity index (χ0n) is 16.9. The lowest BCUT2D eigenvalue weighted by atomic mass is 9.44. The molecule has 0 spiro atoms. The van der Waals surface area contributed by atoms with Gasteiger partial charge in [-0.05, 0) is 49.8 Å². The normalized spacial score (nSPS) is 54.1. The van der Waals surface area contributed by atoms with Gasteiger partial charge >= 0.3 is 0 Å². The molecule has 4 fully saturated rings. The Morgan fingerprint density at radius 1 is 1.30 bits per heavy atom. The minimum Gasteiger partial charge on any atom is -0.390 e. The number of ether oxygens (including phenoxy) is 2. The van der Waals surface area contributed by atoms with Crippen molar-refractivity contribution in [2.24, 2.45) is 22.7 Å². The highest BCUT2D eigenvalue weighted by molar-refractivity contribution is 6.01. The number of allylic oxidation sites excluding steroid dienone is 4. The molecule has 5 aliphatic rings. The van der Waals surface area contributed by atoms with E-state index in [1.54, 1.807) is 6.92 Å². The third-order valence-corrected chi connectivity index (χ3v) is 8.90. The molecule has 6 nitrogen and oxygen atoms in total. The molecule has 0 radical (unpaired) electrons. The first-order chi connectivity index (χ1) is 14.1. The van der Waals surface area contributed by atoms with Gasteiger partial charge in [0.05, 0.1) is 12.2 Å². The summed E-state index contributed by atoms with van der Waals surface area (Å²) in [7, 11) is 0. The van der Waals surface area contributed by atoms with E-state index in [1.165, 1.54) is 19.1 Å². The Hall–Kier alpha value is -1.48. The van der Waals surface area contributed by atoms with Gasteiger partial charge in [0, 0.05) is 16.7 Å². The minimum atomic E-state index is -2.22. The first-order valence-electron chi connectivity index (χ1n) is 10.4. The highest BCUT2D eigenvalue weighted by Gasteiger charge is 2.79. The van der Waals surface area contributed by atoms with Crippen LogP contribution in [0.5, 0.6) is 0 Å². The Labute approximate surface area is 172 Å². The zero-order chi connectivity index (χ0) is 21.7. The minimum absolute atomic E-state index is 0.0586. The highest BCUT2D eigenvalue weighted by atomic mass is 19.1. The van der Waals surface area contributed by atoms with Crippen LogP contribution in [0.4, 0.5) is 8.78 Å². The largest absolute Gasteiger partial charge is 0.390 e. The van der Waals surface area contributed by atoms with Gasteiger partial charge < -0.3 is 19.7 Å². The van der Waals surface area contributed by atoms with Crippen LogP contribution in [-0.4, -0.2) is 64.8 Å². The molecule has 0 aromatic heterocycles. The predicted molar refractivity (Wildman–Crippen MR) is 99.7 cm³/mol. The van der Waals surface area contributed by atoms with Crippen LogP contribution < -0.4 is 0 Å². The van der Waals surface area contributed by atoms with Gasteiger partial charge in [0.15, 0.2) is 22.8 Å². The molecule has 1 saturated heterocycles. The first kappa shape index (κ1) is 20.4. The number of hydrogen-bond donors (Lipinski definition) is 2. The van der Waals surface area contributed by atoms with E-state index in [-0.39, 0.29) is 31.6 Å². The molecule has 2 unspecified atom stereocenters. The van der Waals surface area contributed by atoms with Crippen molar-refractivity contribution in [3.8, 4) is 0 Å². The van der Waals surface area contributed by atoms with Gasteiger partial charge in [0.2, 0.25) is 0 Å². The lowest BCUT2D eigenvalue weighted by Crippen LogP contribution is -2.70. The number of carbonyl (C=O) groups excluding carboxylic acids is 2. The first-order valence-corrected chi connectivity index (χ1v) is 10.4. The highest BCUT2D eigenvalue weighted by Crippen LogP contribution is 2.71. The summed E-state index contributed by atoms with van der Waals surface area (Å²) in [6, 6.07) is 0. The van der Waals surface area contributed by atoms with E-state index < -0.39 is 70.5 Å². The standard InChI is InChI=1S/C22H26F2O6/c1-19-4-3-11(26)5-14(19)15(23)6-13-12-7-18-22(17(28)9-25,30-10-29-18)20(12,2)8-16(27)21(13,19)24/h3-5,12-13,15-16,18,25,27H,6-10H2,1-2H3/t12-,13-,15-,16-,18?,19-,20-,21-,22?/m0/s1. The van der Waals surface area contributed by atoms with Crippen molar-refractivity contribution < 1.29 is 38.1 Å². The lowest BCUT2D eigenvalue weighted by molar-refractivity contribution is -0.226. The number of ketones is 2. The van der Waals surface area contributed by atoms with Gasteiger partial charge in [-0.1, -0.05) is 13.0 Å². The Morgan fingerprint density at radius 3 is 2.73 bits per heavy atom. The van der Waals surface area contributed by atoms with Crippen molar-refractivity contribution in [2.75, 3.05) is 13.4 Å². The van der Waals surface area contributed by atoms with Gasteiger partial charge in [-0.2, -0.15) is 0 Å². The van der Waals surface area contributed by atoms with E-state index in [1.807, 2.05) is 0 Å². The zero-order valence-corrected chi connectivity index (χ0v) is 16.9. The molecule has 0 bridgehead atoms. The topological polar surface area (TPSA) is 93.1 Å². The Bertz CT molecular complexity index is 887. The molecule has 3 saturated carbocycles. The summed E-state index contributed by atoms with van der Waals surface area (Å²) in [4.78, 5) is 24.7. The fraction of sp³-hybridized carbons (Fsp3) is 0.727. The van der Waals surface area contributed by atoms with Crippen molar-refractivity contribution in [3.63, 3.8) is 0 Å². The van der Waals surface area contributed by atoms with E-state index >= 15 is 8.78 Å². The monoisotopic (exact) mass is 424 g/mol. The number of aliphatic hydroxyl groups is 2. The molecule has 0 aromatic rings. The molecule has 5 rings (SSSR count). The summed E-state index contributed by atoms with van der Waals surface area (Å²) in [5, 5.41) is 20.8. The smallest absolute Gasteiger partial charge is 0.193 e. The average Bonchev–Trinajstić information content (AvgIpc) is 3.23. The van der Waals surface area contributed by atoms with Crippen LogP contribution in [0.2, 0.25) is 0 Å². The number of rotatable bonds is 2.